The summed E-state index contributed by atoms with van der Waals surface area (Å²) in [7, 11) is 0. The summed E-state index contributed by atoms with van der Waals surface area (Å²) >= 11 is 0. The van der Waals surface area contributed by atoms with Crippen LogP contribution in [-0.4, -0.2) is 11.7 Å². The van der Waals surface area contributed by atoms with E-state index in [2.05, 4.69) is 0 Å². The van der Waals surface area contributed by atoms with Gasteiger partial charge in [0.2, 0.25) is 0 Å². The molecule has 0 aliphatic rings. The third kappa shape index (κ3) is 4.04. The minimum Gasteiger partial charge on any atom is -0.493 e. The molecule has 0 fully saturated rings. The van der Waals surface area contributed by atoms with E-state index in [-0.39, 0.29) is 12.3 Å². The molecule has 1 unspecified atom stereocenters. The number of halogens is 6. The monoisotopic (exact) mass is 379 g/mol. The van der Waals surface area contributed by atoms with Crippen molar-refractivity contribution < 1.29 is 36.2 Å². The lowest BCUT2D eigenvalue weighted by molar-refractivity contribution is -0.140. The van der Waals surface area contributed by atoms with Gasteiger partial charge < -0.3 is 15.6 Å². The van der Waals surface area contributed by atoms with E-state index in [9.17, 15) is 31.4 Å². The Bertz CT molecular complexity index is 786. The van der Waals surface area contributed by atoms with Crippen LogP contribution in [0.4, 0.5) is 32.0 Å². The van der Waals surface area contributed by atoms with E-state index in [0.717, 1.165) is 18.2 Å². The van der Waals surface area contributed by atoms with Gasteiger partial charge in [0.25, 0.3) is 0 Å². The number of alkyl halides is 6. The van der Waals surface area contributed by atoms with Gasteiger partial charge in [0.15, 0.2) is 0 Å². The van der Waals surface area contributed by atoms with Gasteiger partial charge in [0, 0.05) is 16.8 Å². The lowest BCUT2D eigenvalue weighted by atomic mass is 9.93. The summed E-state index contributed by atoms with van der Waals surface area (Å²) in [6, 6.07) is 5.36. The Balaban J connectivity index is 2.64. The van der Waals surface area contributed by atoms with Crippen molar-refractivity contribution in [3.05, 3.63) is 58.7 Å². The highest BCUT2D eigenvalue weighted by Gasteiger charge is 2.39. The molecule has 0 bridgehead atoms. The zero-order chi connectivity index (χ0) is 19.7. The van der Waals surface area contributed by atoms with Gasteiger partial charge in [-0.3, -0.25) is 0 Å². The number of nitrogens with two attached hydrogens (primary N) is 1. The highest BCUT2D eigenvalue weighted by Crippen LogP contribution is 2.43. The summed E-state index contributed by atoms with van der Waals surface area (Å²) in [5.74, 6) is -0.526. The fourth-order valence-electron chi connectivity index (χ4n) is 2.51. The van der Waals surface area contributed by atoms with Crippen molar-refractivity contribution in [2.24, 2.45) is 0 Å². The van der Waals surface area contributed by atoms with Crippen molar-refractivity contribution in [1.82, 2.24) is 0 Å². The van der Waals surface area contributed by atoms with Crippen LogP contribution in [-0.2, 0) is 12.4 Å². The number of nitrogen functional groups attached to an aromatic ring is 1. The summed E-state index contributed by atoms with van der Waals surface area (Å²) < 4.78 is 84.0. The van der Waals surface area contributed by atoms with Gasteiger partial charge in [0.05, 0.1) is 12.2 Å². The van der Waals surface area contributed by atoms with Crippen LogP contribution in [0, 0.1) is 0 Å². The molecule has 3 N–H and O–H groups in total. The minimum absolute atomic E-state index is 0.0612. The molecule has 0 aliphatic heterocycles. The van der Waals surface area contributed by atoms with E-state index in [1.54, 1.807) is 0 Å². The van der Waals surface area contributed by atoms with Crippen molar-refractivity contribution in [2.45, 2.75) is 25.4 Å². The number of aliphatic hydroxyl groups is 1. The van der Waals surface area contributed by atoms with Crippen LogP contribution in [0.1, 0.15) is 35.3 Å². The first-order chi connectivity index (χ1) is 12.0. The van der Waals surface area contributed by atoms with Crippen LogP contribution in [0.2, 0.25) is 0 Å². The lowest BCUT2D eigenvalue weighted by Crippen LogP contribution is -2.16. The van der Waals surface area contributed by atoms with Crippen molar-refractivity contribution in [3.63, 3.8) is 0 Å². The summed E-state index contributed by atoms with van der Waals surface area (Å²) in [6.45, 7) is 1.42. The SMILES string of the molecule is CCOc1cccc(C(O)c2cc(C(F)(F)F)ccc2N)c1C(F)(F)F. The highest BCUT2D eigenvalue weighted by atomic mass is 19.4. The third-order valence-electron chi connectivity index (χ3n) is 3.65. The largest absolute Gasteiger partial charge is 0.493 e. The standard InChI is InChI=1S/C17H15F6NO2/c1-2-26-13-5-3-4-10(14(13)17(21,22)23)15(25)11-8-9(16(18,19)20)6-7-12(11)24/h3-8,15,25H,2,24H2,1H3. The number of benzene rings is 2. The zero-order valence-electron chi connectivity index (χ0n) is 13.4. The summed E-state index contributed by atoms with van der Waals surface area (Å²) in [5, 5.41) is 10.4. The maximum absolute atomic E-state index is 13.5. The molecule has 1 atom stereocenters. The van der Waals surface area contributed by atoms with Crippen molar-refractivity contribution in [1.29, 1.82) is 0 Å². The van der Waals surface area contributed by atoms with E-state index >= 15 is 0 Å². The molecule has 2 aromatic rings. The second kappa shape index (κ2) is 7.06. The molecule has 0 aliphatic carbocycles. The van der Waals surface area contributed by atoms with Gasteiger partial charge >= 0.3 is 12.4 Å². The van der Waals surface area contributed by atoms with Crippen molar-refractivity contribution in [2.75, 3.05) is 12.3 Å². The fraction of sp³-hybridized carbons (Fsp3) is 0.294. The molecule has 3 nitrogen and oxygen atoms in total. The Morgan fingerprint density at radius 1 is 1.00 bits per heavy atom. The van der Waals surface area contributed by atoms with Crippen LogP contribution in [0.25, 0.3) is 0 Å². The quantitative estimate of drug-likeness (QED) is 0.593. The molecule has 0 amide bonds. The maximum Gasteiger partial charge on any atom is 0.420 e. The predicted molar refractivity (Wildman–Crippen MR) is 82.5 cm³/mol. The Hall–Kier alpha value is -2.42. The number of aliphatic hydroxyl groups excluding tert-OH is 1. The molecule has 2 rings (SSSR count). The predicted octanol–water partition coefficient (Wildman–Crippen LogP) is 4.79. The summed E-state index contributed by atoms with van der Waals surface area (Å²) in [6.07, 6.45) is -11.6. The molecule has 26 heavy (non-hydrogen) atoms. The molecule has 0 spiro atoms. The van der Waals surface area contributed by atoms with Gasteiger partial charge in [-0.25, -0.2) is 0 Å². The molecule has 2 aromatic carbocycles. The van der Waals surface area contributed by atoms with Gasteiger partial charge in [-0.1, -0.05) is 12.1 Å². The molecular weight excluding hydrogens is 364 g/mol. The normalized spacial score (nSPS) is 13.5. The lowest BCUT2D eigenvalue weighted by Gasteiger charge is -2.22. The van der Waals surface area contributed by atoms with Crippen LogP contribution in [0.3, 0.4) is 0 Å². The fourth-order valence-corrected chi connectivity index (χ4v) is 2.51. The van der Waals surface area contributed by atoms with E-state index < -0.39 is 46.5 Å². The first-order valence-electron chi connectivity index (χ1n) is 7.44. The first kappa shape index (κ1) is 19.9. The molecule has 142 valence electrons. The average Bonchev–Trinajstić information content (AvgIpc) is 2.52. The van der Waals surface area contributed by atoms with E-state index in [0.29, 0.717) is 12.1 Å². The molecule has 0 saturated carbocycles. The Kier molecular flexibility index (Phi) is 5.41. The summed E-state index contributed by atoms with van der Waals surface area (Å²) in [5.41, 5.74) is 1.82. The average molecular weight is 379 g/mol. The Morgan fingerprint density at radius 2 is 1.65 bits per heavy atom. The summed E-state index contributed by atoms with van der Waals surface area (Å²) in [4.78, 5) is 0. The van der Waals surface area contributed by atoms with Crippen molar-refractivity contribution >= 4 is 5.69 Å². The molecule has 0 heterocycles. The van der Waals surface area contributed by atoms with Crippen LogP contribution in [0.15, 0.2) is 36.4 Å². The third-order valence-corrected chi connectivity index (χ3v) is 3.65. The molecule has 9 heteroatoms. The van der Waals surface area contributed by atoms with Gasteiger partial charge in [-0.2, -0.15) is 26.3 Å². The van der Waals surface area contributed by atoms with Gasteiger partial charge in [-0.05, 0) is 31.2 Å². The Labute approximate surface area is 145 Å². The molecular formula is C17H15F6NO2. The topological polar surface area (TPSA) is 55.5 Å². The van der Waals surface area contributed by atoms with E-state index in [1.807, 2.05) is 0 Å². The van der Waals surface area contributed by atoms with E-state index in [4.69, 9.17) is 10.5 Å². The number of ether oxygens (including phenoxy) is 1. The second-order valence-electron chi connectivity index (χ2n) is 5.40. The van der Waals surface area contributed by atoms with Gasteiger partial charge in [-0.15, -0.1) is 0 Å². The van der Waals surface area contributed by atoms with Crippen LogP contribution >= 0.6 is 0 Å². The smallest absolute Gasteiger partial charge is 0.420 e. The van der Waals surface area contributed by atoms with Crippen molar-refractivity contribution in [3.8, 4) is 5.75 Å². The number of hydrogen-bond acceptors (Lipinski definition) is 3. The van der Waals surface area contributed by atoms with Crippen LogP contribution in [0.5, 0.6) is 5.75 Å². The van der Waals surface area contributed by atoms with E-state index in [1.165, 1.54) is 13.0 Å². The first-order valence-corrected chi connectivity index (χ1v) is 7.44. The second-order valence-corrected chi connectivity index (χ2v) is 5.40. The molecule has 0 saturated heterocycles. The van der Waals surface area contributed by atoms with Crippen LogP contribution < -0.4 is 10.5 Å². The van der Waals surface area contributed by atoms with Gasteiger partial charge in [0.1, 0.15) is 17.4 Å². The number of rotatable bonds is 4. The Morgan fingerprint density at radius 3 is 2.19 bits per heavy atom. The highest BCUT2D eigenvalue weighted by molar-refractivity contribution is 5.55. The minimum atomic E-state index is -4.89. The molecule has 0 aromatic heterocycles. The number of hydrogen-bond donors (Lipinski definition) is 2. The zero-order valence-corrected chi connectivity index (χ0v) is 13.4. The molecule has 0 radical (unpaired) electrons. The maximum atomic E-state index is 13.5. The number of anilines is 1.